The second-order valence-electron chi connectivity index (χ2n) is 6.63. The van der Waals surface area contributed by atoms with Crippen molar-refractivity contribution < 1.29 is 4.74 Å². The van der Waals surface area contributed by atoms with E-state index >= 15 is 0 Å². The molecule has 0 aromatic heterocycles. The van der Waals surface area contributed by atoms with Crippen LogP contribution in [0, 0.1) is 0 Å². The molecule has 0 spiro atoms. The molecule has 27 heavy (non-hydrogen) atoms. The summed E-state index contributed by atoms with van der Waals surface area (Å²) in [4.78, 5) is 4.90. The van der Waals surface area contributed by atoms with Crippen molar-refractivity contribution in [2.24, 2.45) is 7.05 Å². The van der Waals surface area contributed by atoms with Gasteiger partial charge in [-0.3, -0.25) is 0 Å². The maximum absolute atomic E-state index is 5.28. The van der Waals surface area contributed by atoms with E-state index in [1.54, 1.807) is 7.11 Å². The summed E-state index contributed by atoms with van der Waals surface area (Å²) in [5.74, 6) is 1.82. The van der Waals surface area contributed by atoms with Crippen molar-refractivity contribution in [1.82, 2.24) is 9.55 Å². The number of hydrogen-bond donors (Lipinski definition) is 1. The summed E-state index contributed by atoms with van der Waals surface area (Å²) in [6.07, 6.45) is 0. The number of nitrogens with zero attached hydrogens (tertiary/aromatic N) is 2. The molecule has 1 N–H and O–H groups in total. The van der Waals surface area contributed by atoms with Gasteiger partial charge in [-0.05, 0) is 36.4 Å². The van der Waals surface area contributed by atoms with Crippen molar-refractivity contribution in [3.63, 3.8) is 0 Å². The quantitative estimate of drug-likeness (QED) is 0.460. The van der Waals surface area contributed by atoms with Gasteiger partial charge in [0.05, 0.1) is 29.4 Å². The highest BCUT2D eigenvalue weighted by molar-refractivity contribution is 6.11. The normalized spacial score (nSPS) is 11.3. The summed E-state index contributed by atoms with van der Waals surface area (Å²) in [5.41, 5.74) is 5.39. The van der Waals surface area contributed by atoms with E-state index in [1.165, 1.54) is 5.39 Å². The lowest BCUT2D eigenvalue weighted by molar-refractivity contribution is 0.415. The summed E-state index contributed by atoms with van der Waals surface area (Å²) in [6.45, 7) is 0. The Morgan fingerprint density at radius 2 is 1.56 bits per heavy atom. The average molecular weight is 353 g/mol. The lowest BCUT2D eigenvalue weighted by Crippen LogP contribution is -2.04. The fourth-order valence-corrected chi connectivity index (χ4v) is 3.74. The highest BCUT2D eigenvalue weighted by Crippen LogP contribution is 2.43. The van der Waals surface area contributed by atoms with Gasteiger partial charge in [0, 0.05) is 23.5 Å². The molecule has 2 aliphatic heterocycles. The number of ether oxygens (including phenoxy) is 1. The molecule has 2 heterocycles. The van der Waals surface area contributed by atoms with Crippen molar-refractivity contribution in [1.29, 1.82) is 0 Å². The van der Waals surface area contributed by atoms with Gasteiger partial charge >= 0.3 is 0 Å². The Kier molecular flexibility index (Phi) is 3.50. The fourth-order valence-electron chi connectivity index (χ4n) is 3.74. The molecule has 0 saturated carbocycles. The van der Waals surface area contributed by atoms with Crippen molar-refractivity contribution in [3.05, 3.63) is 72.8 Å². The third kappa shape index (κ3) is 2.41. The number of anilines is 2. The van der Waals surface area contributed by atoms with Crippen LogP contribution in [-0.4, -0.2) is 16.7 Å². The SMILES string of the molecule is COc1ccc(Nc2c3c4ccccc4nc-3n(C)c3ccccc23)cc1. The minimum absolute atomic E-state index is 0.843. The highest BCUT2D eigenvalue weighted by Gasteiger charge is 2.22. The Hall–Kier alpha value is -3.53. The Morgan fingerprint density at radius 3 is 2.33 bits per heavy atom. The van der Waals surface area contributed by atoms with E-state index < -0.39 is 0 Å². The zero-order chi connectivity index (χ0) is 18.4. The smallest absolute Gasteiger partial charge is 0.143 e. The molecule has 3 aromatic rings. The van der Waals surface area contributed by atoms with Crippen LogP contribution >= 0.6 is 0 Å². The number of para-hydroxylation sites is 2. The molecule has 4 heteroatoms. The minimum atomic E-state index is 0.843. The van der Waals surface area contributed by atoms with Crippen molar-refractivity contribution in [2.45, 2.75) is 0 Å². The molecule has 5 rings (SSSR count). The van der Waals surface area contributed by atoms with Crippen LogP contribution in [0.3, 0.4) is 0 Å². The maximum Gasteiger partial charge on any atom is 0.143 e. The predicted octanol–water partition coefficient (Wildman–Crippen LogP) is 5.58. The van der Waals surface area contributed by atoms with E-state index in [1.807, 2.05) is 30.3 Å². The van der Waals surface area contributed by atoms with Gasteiger partial charge < -0.3 is 14.6 Å². The topological polar surface area (TPSA) is 39.1 Å². The number of fused-ring (bicyclic) bond motifs is 4. The number of nitrogens with one attached hydrogen (secondary N) is 1. The second-order valence-corrected chi connectivity index (χ2v) is 6.63. The van der Waals surface area contributed by atoms with Gasteiger partial charge in [-0.1, -0.05) is 36.4 Å². The molecular weight excluding hydrogens is 334 g/mol. The van der Waals surface area contributed by atoms with Crippen LogP contribution in [-0.2, 0) is 7.05 Å². The summed E-state index contributed by atoms with van der Waals surface area (Å²) < 4.78 is 7.45. The number of methoxy groups -OCH3 is 1. The van der Waals surface area contributed by atoms with Gasteiger partial charge in [0.15, 0.2) is 0 Å². The molecule has 3 aromatic carbocycles. The van der Waals surface area contributed by atoms with E-state index in [4.69, 9.17) is 9.72 Å². The number of pyridine rings is 1. The van der Waals surface area contributed by atoms with E-state index in [9.17, 15) is 0 Å². The summed E-state index contributed by atoms with van der Waals surface area (Å²) in [5, 5.41) is 5.96. The monoisotopic (exact) mass is 353 g/mol. The van der Waals surface area contributed by atoms with Gasteiger partial charge in [-0.15, -0.1) is 0 Å². The number of benzene rings is 3. The van der Waals surface area contributed by atoms with E-state index in [2.05, 4.69) is 59.4 Å². The van der Waals surface area contributed by atoms with E-state index in [0.717, 1.165) is 44.9 Å². The number of hydrogen-bond acceptors (Lipinski definition) is 3. The van der Waals surface area contributed by atoms with Gasteiger partial charge in [-0.2, -0.15) is 0 Å². The van der Waals surface area contributed by atoms with Crippen molar-refractivity contribution in [3.8, 4) is 17.1 Å². The highest BCUT2D eigenvalue weighted by atomic mass is 16.5. The maximum atomic E-state index is 5.28. The Morgan fingerprint density at radius 1 is 0.852 bits per heavy atom. The van der Waals surface area contributed by atoms with Gasteiger partial charge in [0.1, 0.15) is 11.6 Å². The van der Waals surface area contributed by atoms with Crippen LogP contribution in [0.1, 0.15) is 0 Å². The van der Waals surface area contributed by atoms with Crippen LogP contribution in [0.4, 0.5) is 11.4 Å². The zero-order valence-electron chi connectivity index (χ0n) is 15.2. The lowest BCUT2D eigenvalue weighted by atomic mass is 10.0. The third-order valence-electron chi connectivity index (χ3n) is 5.09. The fraction of sp³-hybridized carbons (Fsp3) is 0.0870. The van der Waals surface area contributed by atoms with E-state index in [-0.39, 0.29) is 0 Å². The largest absolute Gasteiger partial charge is 0.497 e. The number of aryl methyl sites for hydroxylation is 1. The first kappa shape index (κ1) is 15.7. The average Bonchev–Trinajstić information content (AvgIpc) is 3.11. The number of aromatic nitrogens is 2. The summed E-state index contributed by atoms with van der Waals surface area (Å²) >= 11 is 0. The second kappa shape index (κ2) is 6.02. The van der Waals surface area contributed by atoms with Gasteiger partial charge in [0.25, 0.3) is 0 Å². The first-order valence-electron chi connectivity index (χ1n) is 8.93. The molecular formula is C23H19N3O. The van der Waals surface area contributed by atoms with Crippen LogP contribution in [0.5, 0.6) is 5.75 Å². The van der Waals surface area contributed by atoms with Gasteiger partial charge in [0.2, 0.25) is 0 Å². The molecule has 0 saturated heterocycles. The molecule has 0 unspecified atom stereocenters. The molecule has 0 atom stereocenters. The number of rotatable bonds is 3. The van der Waals surface area contributed by atoms with Crippen molar-refractivity contribution >= 4 is 33.2 Å². The molecule has 2 aliphatic rings. The van der Waals surface area contributed by atoms with Crippen LogP contribution in [0.15, 0.2) is 72.8 Å². The standard InChI is InChI=1S/C23H19N3O/c1-26-20-10-6-4-8-18(20)22(24-15-11-13-16(27-2)14-12-15)21-17-7-3-5-9-19(17)25-23(21)26/h3-14,24H,1-2H3. The Balaban J connectivity index is 1.83. The lowest BCUT2D eigenvalue weighted by Gasteiger charge is -2.19. The minimum Gasteiger partial charge on any atom is -0.497 e. The Bertz CT molecular complexity index is 1240. The van der Waals surface area contributed by atoms with E-state index in [0.29, 0.717) is 0 Å². The molecule has 4 nitrogen and oxygen atoms in total. The zero-order valence-corrected chi connectivity index (χ0v) is 15.2. The molecule has 0 fully saturated rings. The third-order valence-corrected chi connectivity index (χ3v) is 5.09. The molecule has 0 aliphatic carbocycles. The first-order chi connectivity index (χ1) is 13.3. The molecule has 0 amide bonds. The molecule has 0 bridgehead atoms. The Labute approximate surface area is 157 Å². The summed E-state index contributed by atoms with van der Waals surface area (Å²) in [6, 6.07) is 24.7. The predicted molar refractivity (Wildman–Crippen MR) is 111 cm³/mol. The van der Waals surface area contributed by atoms with Crippen LogP contribution < -0.4 is 10.1 Å². The molecule has 0 radical (unpaired) electrons. The van der Waals surface area contributed by atoms with Gasteiger partial charge in [-0.25, -0.2) is 4.98 Å². The van der Waals surface area contributed by atoms with Crippen LogP contribution in [0.25, 0.3) is 33.2 Å². The van der Waals surface area contributed by atoms with Crippen LogP contribution in [0.2, 0.25) is 0 Å². The molecule has 132 valence electrons. The van der Waals surface area contributed by atoms with Crippen molar-refractivity contribution in [2.75, 3.05) is 12.4 Å². The summed E-state index contributed by atoms with van der Waals surface area (Å²) in [7, 11) is 3.76. The first-order valence-corrected chi connectivity index (χ1v) is 8.93.